The summed E-state index contributed by atoms with van der Waals surface area (Å²) in [6.07, 6.45) is 2.67. The maximum Gasteiger partial charge on any atom is 0.243 e. The zero-order chi connectivity index (χ0) is 15.0. The van der Waals surface area contributed by atoms with Gasteiger partial charge in [0.1, 0.15) is 6.54 Å². The minimum absolute atomic E-state index is 0. The predicted octanol–water partition coefficient (Wildman–Crippen LogP) is 0.732. The topological polar surface area (TPSA) is 60.0 Å². The summed E-state index contributed by atoms with van der Waals surface area (Å²) in [6, 6.07) is 0.789. The van der Waals surface area contributed by atoms with E-state index in [1.165, 1.54) is 12.8 Å². The Morgan fingerprint density at radius 2 is 1.90 bits per heavy atom. The zero-order valence-corrected chi connectivity index (χ0v) is 16.0. The third-order valence-corrected chi connectivity index (χ3v) is 3.38. The van der Waals surface area contributed by atoms with E-state index in [9.17, 15) is 4.79 Å². The molecule has 0 aromatic carbocycles. The van der Waals surface area contributed by atoms with Gasteiger partial charge in [0.25, 0.3) is 0 Å². The molecular weight excluding hydrogens is 381 g/mol. The summed E-state index contributed by atoms with van der Waals surface area (Å²) in [6.45, 7) is 8.17. The van der Waals surface area contributed by atoms with Crippen LogP contribution in [-0.4, -0.2) is 74.5 Å². The third kappa shape index (κ3) is 8.45. The van der Waals surface area contributed by atoms with Gasteiger partial charge in [-0.15, -0.1) is 24.0 Å². The molecule has 0 unspecified atom stereocenters. The van der Waals surface area contributed by atoms with E-state index in [4.69, 9.17) is 0 Å². The molecule has 0 radical (unpaired) electrons. The summed E-state index contributed by atoms with van der Waals surface area (Å²) in [5.74, 6) is 0.727. The quantitative estimate of drug-likeness (QED) is 0.351. The van der Waals surface area contributed by atoms with Crippen LogP contribution in [-0.2, 0) is 4.79 Å². The van der Waals surface area contributed by atoms with Crippen LogP contribution in [0.2, 0.25) is 0 Å². The van der Waals surface area contributed by atoms with Crippen molar-refractivity contribution in [3.63, 3.8) is 0 Å². The second kappa shape index (κ2) is 11.1. The molecule has 1 aliphatic rings. The fourth-order valence-corrected chi connectivity index (χ4v) is 1.99. The van der Waals surface area contributed by atoms with Gasteiger partial charge in [0, 0.05) is 39.8 Å². The Labute approximate surface area is 145 Å². The van der Waals surface area contributed by atoms with Crippen LogP contribution >= 0.6 is 24.0 Å². The molecule has 6 nitrogen and oxygen atoms in total. The summed E-state index contributed by atoms with van der Waals surface area (Å²) in [7, 11) is 3.49. The van der Waals surface area contributed by atoms with E-state index in [0.717, 1.165) is 38.2 Å². The van der Waals surface area contributed by atoms with Crippen LogP contribution in [0.15, 0.2) is 4.99 Å². The smallest absolute Gasteiger partial charge is 0.243 e. The number of halogens is 1. The molecule has 0 spiro atoms. The van der Waals surface area contributed by atoms with E-state index in [0.29, 0.717) is 0 Å². The number of likely N-dealkylation sites (N-methyl/N-ethyl adjacent to an activating group) is 2. The second-order valence-electron chi connectivity index (χ2n) is 5.27. The monoisotopic (exact) mass is 411 g/mol. The lowest BCUT2D eigenvalue weighted by Crippen LogP contribution is -2.42. The fraction of sp³-hybridized carbons (Fsp3) is 0.857. The van der Waals surface area contributed by atoms with Crippen LogP contribution in [0, 0.1) is 0 Å². The maximum absolute atomic E-state index is 11.5. The van der Waals surface area contributed by atoms with Gasteiger partial charge in [0.15, 0.2) is 5.96 Å². The summed E-state index contributed by atoms with van der Waals surface area (Å²) in [4.78, 5) is 19.9. The van der Waals surface area contributed by atoms with Crippen LogP contribution in [0.4, 0.5) is 0 Å². The molecule has 1 fully saturated rings. The Balaban J connectivity index is 0.00000400. The van der Waals surface area contributed by atoms with Gasteiger partial charge in [0.2, 0.25) is 5.91 Å². The normalized spacial score (nSPS) is 14.6. The number of hydrogen-bond acceptors (Lipinski definition) is 3. The van der Waals surface area contributed by atoms with Crippen molar-refractivity contribution in [1.82, 2.24) is 20.4 Å². The van der Waals surface area contributed by atoms with Gasteiger partial charge < -0.3 is 15.5 Å². The first-order valence-electron chi connectivity index (χ1n) is 7.54. The van der Waals surface area contributed by atoms with Crippen molar-refractivity contribution in [3.8, 4) is 0 Å². The standard InChI is InChI=1S/C14H29N5O.HI/c1-5-15-14(17-11-13(20)18(3)4)16-9-10-19(6-2)12-7-8-12;/h12H,5-11H2,1-4H3,(H2,15,16,17);1H. The van der Waals surface area contributed by atoms with Gasteiger partial charge in [-0.3, -0.25) is 9.69 Å². The van der Waals surface area contributed by atoms with Gasteiger partial charge in [-0.1, -0.05) is 6.92 Å². The molecule has 2 N–H and O–H groups in total. The average molecular weight is 411 g/mol. The molecule has 0 bridgehead atoms. The van der Waals surface area contributed by atoms with Crippen molar-refractivity contribution >= 4 is 35.8 Å². The molecule has 0 heterocycles. The number of nitrogens with one attached hydrogen (secondary N) is 2. The molecule has 0 aliphatic heterocycles. The Bertz CT molecular complexity index is 331. The molecule has 1 rings (SSSR count). The van der Waals surface area contributed by atoms with Crippen LogP contribution in [0.1, 0.15) is 26.7 Å². The largest absolute Gasteiger partial charge is 0.357 e. The SMILES string of the molecule is CCNC(=NCC(=O)N(C)C)NCCN(CC)C1CC1.I. The van der Waals surface area contributed by atoms with Gasteiger partial charge in [0.05, 0.1) is 0 Å². The van der Waals surface area contributed by atoms with Crippen LogP contribution in [0.5, 0.6) is 0 Å². The van der Waals surface area contributed by atoms with Gasteiger partial charge in [-0.05, 0) is 26.3 Å². The molecule has 1 amide bonds. The van der Waals surface area contributed by atoms with Crippen molar-refractivity contribution in [1.29, 1.82) is 0 Å². The van der Waals surface area contributed by atoms with E-state index in [-0.39, 0.29) is 36.4 Å². The Morgan fingerprint density at radius 3 is 2.38 bits per heavy atom. The lowest BCUT2D eigenvalue weighted by Gasteiger charge is -2.20. The molecule has 1 saturated carbocycles. The van der Waals surface area contributed by atoms with E-state index in [1.807, 2.05) is 6.92 Å². The molecule has 0 aromatic heterocycles. The number of hydrogen-bond donors (Lipinski definition) is 2. The van der Waals surface area contributed by atoms with Crippen molar-refractivity contribution in [2.75, 3.05) is 46.8 Å². The number of aliphatic imine (C=N–C) groups is 1. The first kappa shape index (κ1) is 20.4. The Kier molecular flexibility index (Phi) is 10.8. The molecule has 0 atom stereocenters. The zero-order valence-electron chi connectivity index (χ0n) is 13.7. The lowest BCUT2D eigenvalue weighted by molar-refractivity contribution is -0.127. The Morgan fingerprint density at radius 1 is 1.24 bits per heavy atom. The van der Waals surface area contributed by atoms with Crippen molar-refractivity contribution < 1.29 is 4.79 Å². The summed E-state index contributed by atoms with van der Waals surface area (Å²) in [5.41, 5.74) is 0. The van der Waals surface area contributed by atoms with E-state index < -0.39 is 0 Å². The minimum atomic E-state index is 0. The molecule has 0 saturated heterocycles. The van der Waals surface area contributed by atoms with Gasteiger partial charge in [-0.2, -0.15) is 0 Å². The average Bonchev–Trinajstić information content (AvgIpc) is 3.24. The maximum atomic E-state index is 11.5. The minimum Gasteiger partial charge on any atom is -0.357 e. The fourth-order valence-electron chi connectivity index (χ4n) is 1.99. The lowest BCUT2D eigenvalue weighted by atomic mass is 10.4. The Hall–Kier alpha value is -0.570. The van der Waals surface area contributed by atoms with E-state index in [2.05, 4.69) is 27.4 Å². The number of guanidine groups is 1. The van der Waals surface area contributed by atoms with Gasteiger partial charge >= 0.3 is 0 Å². The molecule has 124 valence electrons. The van der Waals surface area contributed by atoms with Crippen LogP contribution in [0.25, 0.3) is 0 Å². The molecule has 1 aliphatic carbocycles. The molecular formula is C14H30IN5O. The number of rotatable bonds is 8. The van der Waals surface area contributed by atoms with Crippen molar-refractivity contribution in [2.24, 2.45) is 4.99 Å². The first-order valence-corrected chi connectivity index (χ1v) is 7.54. The predicted molar refractivity (Wildman–Crippen MR) is 98.4 cm³/mol. The van der Waals surface area contributed by atoms with E-state index >= 15 is 0 Å². The highest BCUT2D eigenvalue weighted by molar-refractivity contribution is 14.0. The van der Waals surface area contributed by atoms with Crippen molar-refractivity contribution in [2.45, 2.75) is 32.7 Å². The third-order valence-electron chi connectivity index (χ3n) is 3.38. The molecule has 21 heavy (non-hydrogen) atoms. The molecule has 7 heteroatoms. The number of nitrogens with zero attached hydrogens (tertiary/aromatic N) is 3. The summed E-state index contributed by atoms with van der Waals surface area (Å²) >= 11 is 0. The number of carbonyl (C=O) groups is 1. The summed E-state index contributed by atoms with van der Waals surface area (Å²) < 4.78 is 0. The van der Waals surface area contributed by atoms with Crippen LogP contribution < -0.4 is 10.6 Å². The van der Waals surface area contributed by atoms with Gasteiger partial charge in [-0.25, -0.2) is 4.99 Å². The van der Waals surface area contributed by atoms with Crippen LogP contribution in [0.3, 0.4) is 0 Å². The highest BCUT2D eigenvalue weighted by Crippen LogP contribution is 2.25. The number of amides is 1. The highest BCUT2D eigenvalue weighted by Gasteiger charge is 2.27. The first-order chi connectivity index (χ1) is 9.58. The van der Waals surface area contributed by atoms with E-state index in [1.54, 1.807) is 19.0 Å². The second-order valence-corrected chi connectivity index (χ2v) is 5.27. The highest BCUT2D eigenvalue weighted by atomic mass is 127. The van der Waals surface area contributed by atoms with Crippen molar-refractivity contribution in [3.05, 3.63) is 0 Å². The number of carbonyl (C=O) groups excluding carboxylic acids is 1. The molecule has 0 aromatic rings. The summed E-state index contributed by atoms with van der Waals surface area (Å²) in [5, 5.41) is 6.45.